The molecule has 0 atom stereocenters. The Morgan fingerprint density at radius 1 is 1.17 bits per heavy atom. The molecule has 156 valence electrons. The first-order valence-corrected chi connectivity index (χ1v) is 10.7. The lowest BCUT2D eigenvalue weighted by molar-refractivity contribution is 0.203. The maximum absolute atomic E-state index is 9.85. The molecule has 5 heteroatoms. The summed E-state index contributed by atoms with van der Waals surface area (Å²) in [7, 11) is 2.17. The Morgan fingerprint density at radius 2 is 1.93 bits per heavy atom. The third-order valence-corrected chi connectivity index (χ3v) is 5.74. The van der Waals surface area contributed by atoms with Crippen LogP contribution in [0.2, 0.25) is 5.02 Å². The zero-order valence-corrected chi connectivity index (χ0v) is 18.5. The van der Waals surface area contributed by atoms with Gasteiger partial charge in [-0.05, 0) is 81.5 Å². The van der Waals surface area contributed by atoms with Crippen LogP contribution >= 0.6 is 11.6 Å². The van der Waals surface area contributed by atoms with Crippen LogP contribution in [0.25, 0.3) is 5.70 Å². The number of aliphatic hydroxyl groups excluding tert-OH is 1. The molecule has 4 nitrogen and oxygen atoms in total. The Labute approximate surface area is 179 Å². The second kappa shape index (κ2) is 9.75. The summed E-state index contributed by atoms with van der Waals surface area (Å²) in [6, 6.07) is 12.2. The maximum Gasteiger partial charge on any atom is 0.0892 e. The second-order valence-corrected chi connectivity index (χ2v) is 9.03. The van der Waals surface area contributed by atoms with Gasteiger partial charge in [-0.25, -0.2) is 0 Å². The van der Waals surface area contributed by atoms with Crippen molar-refractivity contribution in [2.24, 2.45) is 0 Å². The Morgan fingerprint density at radius 3 is 2.62 bits per heavy atom. The molecule has 29 heavy (non-hydrogen) atoms. The Hall–Kier alpha value is -1.88. The maximum atomic E-state index is 9.85. The highest BCUT2D eigenvalue weighted by Gasteiger charge is 2.24. The monoisotopic (exact) mass is 413 g/mol. The van der Waals surface area contributed by atoms with Crippen molar-refractivity contribution < 1.29 is 5.11 Å². The minimum absolute atomic E-state index is 0.0639. The van der Waals surface area contributed by atoms with E-state index in [-0.39, 0.29) is 6.61 Å². The Balaban J connectivity index is 1.92. The van der Waals surface area contributed by atoms with E-state index < -0.39 is 5.54 Å². The average molecular weight is 414 g/mol. The molecule has 3 rings (SSSR count). The van der Waals surface area contributed by atoms with E-state index in [1.165, 1.54) is 16.7 Å². The molecule has 2 N–H and O–H groups in total. The molecule has 1 aromatic heterocycles. The molecule has 0 unspecified atom stereocenters. The molecule has 1 aliphatic heterocycles. The van der Waals surface area contributed by atoms with Gasteiger partial charge in [0.2, 0.25) is 0 Å². The summed E-state index contributed by atoms with van der Waals surface area (Å²) in [6.45, 7) is 6.21. The van der Waals surface area contributed by atoms with Crippen molar-refractivity contribution >= 4 is 17.3 Å². The molecule has 1 aromatic carbocycles. The van der Waals surface area contributed by atoms with Crippen molar-refractivity contribution in [1.82, 2.24) is 15.2 Å². The van der Waals surface area contributed by atoms with Crippen LogP contribution in [0, 0.1) is 0 Å². The van der Waals surface area contributed by atoms with Crippen LogP contribution in [0.4, 0.5) is 0 Å². The summed E-state index contributed by atoms with van der Waals surface area (Å²) in [5.74, 6) is 0. The fourth-order valence-electron chi connectivity index (χ4n) is 3.67. The summed E-state index contributed by atoms with van der Waals surface area (Å²) >= 11 is 6.15. The molecule has 0 radical (unpaired) electrons. The first-order chi connectivity index (χ1) is 13.9. The molecule has 0 saturated carbocycles. The zero-order valence-electron chi connectivity index (χ0n) is 17.7. The molecule has 2 heterocycles. The summed E-state index contributed by atoms with van der Waals surface area (Å²) in [5, 5.41) is 14.2. The first kappa shape index (κ1) is 21.8. The number of aromatic nitrogens is 1. The highest BCUT2D eigenvalue weighted by molar-refractivity contribution is 6.30. The number of likely N-dealkylation sites (tertiary alicyclic amines) is 1. The fraction of sp³-hybridized carbons (Fsp3) is 0.458. The first-order valence-electron chi connectivity index (χ1n) is 10.4. The number of pyridine rings is 1. The standard InChI is InChI=1S/C24H32ClN3O/c1-24(2,17-29)27-23(20-11-14-28(3)15-12-20)22-19(7-5-13-26-22)10-9-18-6-4-8-21(25)16-18/h4-8,13,16,27,29H,9-12,14-15,17H2,1-3H3. The van der Waals surface area contributed by atoms with Gasteiger partial charge in [-0.2, -0.15) is 0 Å². The topological polar surface area (TPSA) is 48.4 Å². The summed E-state index contributed by atoms with van der Waals surface area (Å²) in [5.41, 5.74) is 5.54. The second-order valence-electron chi connectivity index (χ2n) is 8.59. The van der Waals surface area contributed by atoms with Crippen molar-refractivity contribution in [2.75, 3.05) is 26.7 Å². The molecule has 1 fully saturated rings. The van der Waals surface area contributed by atoms with E-state index >= 15 is 0 Å². The van der Waals surface area contributed by atoms with E-state index in [1.54, 1.807) is 0 Å². The van der Waals surface area contributed by atoms with E-state index in [1.807, 2.05) is 44.3 Å². The van der Waals surface area contributed by atoms with Crippen molar-refractivity contribution in [1.29, 1.82) is 0 Å². The van der Waals surface area contributed by atoms with Gasteiger partial charge < -0.3 is 15.3 Å². The summed E-state index contributed by atoms with van der Waals surface area (Å²) in [4.78, 5) is 7.14. The van der Waals surface area contributed by atoms with Crippen LogP contribution < -0.4 is 5.32 Å². The molecule has 0 aliphatic carbocycles. The number of nitrogens with zero attached hydrogens (tertiary/aromatic N) is 2. The van der Waals surface area contributed by atoms with Gasteiger partial charge in [0.05, 0.1) is 23.5 Å². The highest BCUT2D eigenvalue weighted by atomic mass is 35.5. The number of benzene rings is 1. The van der Waals surface area contributed by atoms with Gasteiger partial charge in [-0.15, -0.1) is 0 Å². The van der Waals surface area contributed by atoms with E-state index in [0.717, 1.165) is 55.2 Å². The zero-order chi connectivity index (χ0) is 20.9. The number of nitrogens with one attached hydrogen (secondary N) is 1. The number of hydrogen-bond donors (Lipinski definition) is 2. The molecular weight excluding hydrogens is 382 g/mol. The van der Waals surface area contributed by atoms with Gasteiger partial charge in [0.15, 0.2) is 0 Å². The predicted molar refractivity (Wildman–Crippen MR) is 121 cm³/mol. The van der Waals surface area contributed by atoms with Crippen molar-refractivity contribution in [3.8, 4) is 0 Å². The Bertz CT molecular complexity index is 853. The number of rotatable bonds is 7. The Kier molecular flexibility index (Phi) is 7.33. The number of piperidine rings is 1. The fourth-order valence-corrected chi connectivity index (χ4v) is 3.88. The SMILES string of the molecule is CN1CCC(=C(NC(C)(C)CO)c2ncccc2CCc2cccc(Cl)c2)CC1. The molecule has 0 bridgehead atoms. The van der Waals surface area contributed by atoms with Gasteiger partial charge in [-0.3, -0.25) is 4.98 Å². The number of halogens is 1. The van der Waals surface area contributed by atoms with E-state index in [9.17, 15) is 5.11 Å². The van der Waals surface area contributed by atoms with E-state index in [2.05, 4.69) is 29.4 Å². The number of aryl methyl sites for hydroxylation is 2. The minimum atomic E-state index is -0.409. The lowest BCUT2D eigenvalue weighted by atomic mass is 9.94. The molecule has 1 aliphatic rings. The van der Waals surface area contributed by atoms with Gasteiger partial charge in [-0.1, -0.05) is 29.8 Å². The van der Waals surface area contributed by atoms with Crippen LogP contribution in [-0.4, -0.2) is 47.3 Å². The molecule has 1 saturated heterocycles. The van der Waals surface area contributed by atoms with Gasteiger partial charge in [0.25, 0.3) is 0 Å². The molecule has 0 amide bonds. The van der Waals surface area contributed by atoms with Crippen LogP contribution in [0.1, 0.15) is 43.5 Å². The van der Waals surface area contributed by atoms with Gasteiger partial charge in [0, 0.05) is 24.3 Å². The predicted octanol–water partition coefficient (Wildman–Crippen LogP) is 4.32. The quantitative estimate of drug-likeness (QED) is 0.709. The summed E-state index contributed by atoms with van der Waals surface area (Å²) in [6.07, 6.45) is 5.70. The van der Waals surface area contributed by atoms with E-state index in [4.69, 9.17) is 16.6 Å². The lowest BCUT2D eigenvalue weighted by Gasteiger charge is -2.32. The van der Waals surface area contributed by atoms with Crippen molar-refractivity contribution in [2.45, 2.75) is 45.1 Å². The van der Waals surface area contributed by atoms with Crippen molar-refractivity contribution in [3.63, 3.8) is 0 Å². The number of hydrogen-bond acceptors (Lipinski definition) is 4. The largest absolute Gasteiger partial charge is 0.394 e. The third kappa shape index (κ3) is 6.05. The molecular formula is C24H32ClN3O. The third-order valence-electron chi connectivity index (χ3n) is 5.50. The van der Waals surface area contributed by atoms with Crippen LogP contribution in [0.15, 0.2) is 48.2 Å². The normalized spacial score (nSPS) is 15.4. The van der Waals surface area contributed by atoms with Gasteiger partial charge in [0.1, 0.15) is 0 Å². The van der Waals surface area contributed by atoms with Crippen LogP contribution in [-0.2, 0) is 12.8 Å². The minimum Gasteiger partial charge on any atom is -0.394 e. The van der Waals surface area contributed by atoms with E-state index in [0.29, 0.717) is 0 Å². The van der Waals surface area contributed by atoms with Crippen molar-refractivity contribution in [3.05, 3.63) is 70.0 Å². The smallest absolute Gasteiger partial charge is 0.0892 e. The molecule has 0 spiro atoms. The highest BCUT2D eigenvalue weighted by Crippen LogP contribution is 2.28. The van der Waals surface area contributed by atoms with Crippen LogP contribution in [0.5, 0.6) is 0 Å². The summed E-state index contributed by atoms with van der Waals surface area (Å²) < 4.78 is 0. The number of aliphatic hydroxyl groups is 1. The lowest BCUT2D eigenvalue weighted by Crippen LogP contribution is -2.42. The average Bonchev–Trinajstić information content (AvgIpc) is 2.72. The van der Waals surface area contributed by atoms with Gasteiger partial charge >= 0.3 is 0 Å². The van der Waals surface area contributed by atoms with Crippen LogP contribution in [0.3, 0.4) is 0 Å². The molecule has 2 aromatic rings.